The van der Waals surface area contributed by atoms with Gasteiger partial charge in [-0.2, -0.15) is 0 Å². The van der Waals surface area contributed by atoms with E-state index < -0.39 is 0 Å². The van der Waals surface area contributed by atoms with Gasteiger partial charge in [0.05, 0.1) is 7.11 Å². The Morgan fingerprint density at radius 3 is 2.69 bits per heavy atom. The molecule has 0 fully saturated rings. The Balaban J connectivity index is 2.49. The fourth-order valence-electron chi connectivity index (χ4n) is 1.02. The average Bonchev–Trinajstić information content (AvgIpc) is 2.31. The van der Waals surface area contributed by atoms with Gasteiger partial charge in [-0.25, -0.2) is 9.97 Å². The smallest absolute Gasteiger partial charge is 0.323 e. The van der Waals surface area contributed by atoms with Gasteiger partial charge in [0.15, 0.2) is 5.16 Å². The van der Waals surface area contributed by atoms with Crippen LogP contribution in [-0.4, -0.2) is 41.9 Å². The number of esters is 1. The minimum atomic E-state index is -0.333. The number of hydrogen-bond acceptors (Lipinski definition) is 6. The number of methoxy groups -OCH3 is 1. The van der Waals surface area contributed by atoms with Crippen molar-refractivity contribution in [2.45, 2.75) is 18.1 Å². The first-order valence-electron chi connectivity index (χ1n) is 4.84. The molecule has 16 heavy (non-hydrogen) atoms. The molecule has 0 amide bonds. The van der Waals surface area contributed by atoms with Crippen LogP contribution in [0.4, 0.5) is 0 Å². The number of ether oxygens (including phenoxy) is 1. The average molecular weight is 241 g/mol. The highest BCUT2D eigenvalue weighted by atomic mass is 32.2. The molecule has 1 aromatic heterocycles. The van der Waals surface area contributed by atoms with Gasteiger partial charge < -0.3 is 10.1 Å². The van der Waals surface area contributed by atoms with Crippen molar-refractivity contribution in [3.8, 4) is 0 Å². The van der Waals surface area contributed by atoms with E-state index in [1.165, 1.54) is 18.9 Å². The van der Waals surface area contributed by atoms with E-state index in [-0.39, 0.29) is 12.0 Å². The predicted molar refractivity (Wildman–Crippen MR) is 62.4 cm³/mol. The van der Waals surface area contributed by atoms with Gasteiger partial charge in [-0.05, 0) is 19.5 Å². The molecule has 1 heterocycles. The molecule has 1 N–H and O–H groups in total. The number of rotatable bonds is 5. The second kappa shape index (κ2) is 6.44. The van der Waals surface area contributed by atoms with Crippen molar-refractivity contribution < 1.29 is 9.53 Å². The highest BCUT2D eigenvalue weighted by molar-refractivity contribution is 7.99. The van der Waals surface area contributed by atoms with E-state index in [0.717, 1.165) is 5.56 Å². The summed E-state index contributed by atoms with van der Waals surface area (Å²) in [6.45, 7) is 1.93. The van der Waals surface area contributed by atoms with Crippen molar-refractivity contribution in [2.24, 2.45) is 0 Å². The van der Waals surface area contributed by atoms with Gasteiger partial charge in [-0.3, -0.25) is 4.79 Å². The van der Waals surface area contributed by atoms with Crippen LogP contribution < -0.4 is 5.32 Å². The van der Waals surface area contributed by atoms with E-state index in [0.29, 0.717) is 10.9 Å². The SMILES string of the molecule is CNC(CSc1ncc(C)cn1)C(=O)OC. The largest absolute Gasteiger partial charge is 0.468 e. The summed E-state index contributed by atoms with van der Waals surface area (Å²) in [6, 6.07) is -0.333. The lowest BCUT2D eigenvalue weighted by Crippen LogP contribution is -2.37. The number of carbonyl (C=O) groups is 1. The summed E-state index contributed by atoms with van der Waals surface area (Å²) in [7, 11) is 3.10. The van der Waals surface area contributed by atoms with Crippen LogP contribution >= 0.6 is 11.8 Å². The van der Waals surface area contributed by atoms with Crippen LogP contribution in [0, 0.1) is 6.92 Å². The second-order valence-corrected chi connectivity index (χ2v) is 4.21. The van der Waals surface area contributed by atoms with Crippen LogP contribution in [-0.2, 0) is 9.53 Å². The van der Waals surface area contributed by atoms with E-state index in [2.05, 4.69) is 20.0 Å². The third-order valence-corrected chi connectivity index (χ3v) is 2.94. The van der Waals surface area contributed by atoms with Crippen molar-refractivity contribution in [3.05, 3.63) is 18.0 Å². The molecular formula is C10H15N3O2S. The third kappa shape index (κ3) is 3.79. The number of aromatic nitrogens is 2. The Labute approximate surface area is 99.0 Å². The van der Waals surface area contributed by atoms with Crippen molar-refractivity contribution in [3.63, 3.8) is 0 Å². The molecule has 0 aromatic carbocycles. The molecule has 0 aliphatic rings. The molecule has 0 aliphatic heterocycles. The fraction of sp³-hybridized carbons (Fsp3) is 0.500. The molecule has 88 valence electrons. The van der Waals surface area contributed by atoms with Gasteiger partial charge in [-0.15, -0.1) is 0 Å². The Morgan fingerprint density at radius 2 is 2.19 bits per heavy atom. The zero-order valence-corrected chi connectivity index (χ0v) is 10.4. The standard InChI is InChI=1S/C10H15N3O2S/c1-7-4-12-10(13-5-7)16-6-8(11-2)9(14)15-3/h4-5,8,11H,6H2,1-3H3. The molecule has 6 heteroatoms. The quantitative estimate of drug-likeness (QED) is 0.463. The zero-order chi connectivity index (χ0) is 12.0. The van der Waals surface area contributed by atoms with Crippen LogP contribution in [0.2, 0.25) is 0 Å². The molecule has 0 saturated heterocycles. The summed E-state index contributed by atoms with van der Waals surface area (Å²) in [5.74, 6) is 0.272. The third-order valence-electron chi connectivity index (χ3n) is 1.97. The molecule has 1 atom stereocenters. The van der Waals surface area contributed by atoms with Gasteiger partial charge in [0.2, 0.25) is 0 Å². The summed E-state index contributed by atoms with van der Waals surface area (Å²) in [5.41, 5.74) is 1.02. The summed E-state index contributed by atoms with van der Waals surface area (Å²) < 4.78 is 4.66. The summed E-state index contributed by atoms with van der Waals surface area (Å²) >= 11 is 1.42. The minimum Gasteiger partial charge on any atom is -0.468 e. The molecule has 0 bridgehead atoms. The number of nitrogens with zero attached hydrogens (tertiary/aromatic N) is 2. The van der Waals surface area contributed by atoms with Crippen molar-refractivity contribution >= 4 is 17.7 Å². The van der Waals surface area contributed by atoms with Gasteiger partial charge in [0.1, 0.15) is 6.04 Å². The summed E-state index contributed by atoms with van der Waals surface area (Å²) in [5, 5.41) is 3.55. The maximum atomic E-state index is 11.3. The molecule has 5 nitrogen and oxygen atoms in total. The zero-order valence-electron chi connectivity index (χ0n) is 9.56. The van der Waals surface area contributed by atoms with Gasteiger partial charge >= 0.3 is 5.97 Å². The number of aryl methyl sites for hydroxylation is 1. The first-order chi connectivity index (χ1) is 7.67. The summed E-state index contributed by atoms with van der Waals surface area (Å²) in [6.07, 6.45) is 3.50. The highest BCUT2D eigenvalue weighted by Gasteiger charge is 2.17. The minimum absolute atomic E-state index is 0.276. The Bertz CT molecular complexity index is 342. The molecule has 1 aromatic rings. The normalized spacial score (nSPS) is 12.2. The maximum absolute atomic E-state index is 11.3. The van der Waals surface area contributed by atoms with E-state index in [4.69, 9.17) is 0 Å². The Kier molecular flexibility index (Phi) is 5.21. The number of hydrogen-bond donors (Lipinski definition) is 1. The number of nitrogens with one attached hydrogen (secondary N) is 1. The van der Waals surface area contributed by atoms with E-state index in [9.17, 15) is 4.79 Å². The van der Waals surface area contributed by atoms with Crippen LogP contribution in [0.25, 0.3) is 0 Å². The number of likely N-dealkylation sites (N-methyl/N-ethyl adjacent to an activating group) is 1. The van der Waals surface area contributed by atoms with Crippen molar-refractivity contribution in [1.82, 2.24) is 15.3 Å². The predicted octanol–water partition coefficient (Wildman–Crippen LogP) is 0.638. The monoisotopic (exact) mass is 241 g/mol. The van der Waals surface area contributed by atoms with Gasteiger partial charge in [-0.1, -0.05) is 11.8 Å². The lowest BCUT2D eigenvalue weighted by Gasteiger charge is -2.12. The number of carbonyl (C=O) groups excluding carboxylic acids is 1. The molecular weight excluding hydrogens is 226 g/mol. The molecule has 1 unspecified atom stereocenters. The van der Waals surface area contributed by atoms with Gasteiger partial charge in [0, 0.05) is 18.1 Å². The van der Waals surface area contributed by atoms with E-state index in [1.807, 2.05) is 6.92 Å². The van der Waals surface area contributed by atoms with Crippen LogP contribution in [0.3, 0.4) is 0 Å². The molecule has 0 radical (unpaired) electrons. The topological polar surface area (TPSA) is 64.1 Å². The second-order valence-electron chi connectivity index (χ2n) is 3.22. The fourth-order valence-corrected chi connectivity index (χ4v) is 1.90. The number of thioether (sulfide) groups is 1. The Morgan fingerprint density at radius 1 is 1.56 bits per heavy atom. The van der Waals surface area contributed by atoms with Crippen LogP contribution in [0.5, 0.6) is 0 Å². The molecule has 0 aliphatic carbocycles. The lowest BCUT2D eigenvalue weighted by atomic mass is 10.3. The van der Waals surface area contributed by atoms with Crippen LogP contribution in [0.1, 0.15) is 5.56 Å². The van der Waals surface area contributed by atoms with E-state index >= 15 is 0 Å². The first-order valence-corrected chi connectivity index (χ1v) is 5.82. The molecule has 0 spiro atoms. The van der Waals surface area contributed by atoms with E-state index in [1.54, 1.807) is 19.4 Å². The first kappa shape index (κ1) is 12.9. The van der Waals surface area contributed by atoms with Crippen LogP contribution in [0.15, 0.2) is 17.6 Å². The highest BCUT2D eigenvalue weighted by Crippen LogP contribution is 2.13. The van der Waals surface area contributed by atoms with Crippen molar-refractivity contribution in [2.75, 3.05) is 19.9 Å². The van der Waals surface area contributed by atoms with Gasteiger partial charge in [0.25, 0.3) is 0 Å². The molecule has 1 rings (SSSR count). The lowest BCUT2D eigenvalue weighted by molar-refractivity contribution is -0.142. The maximum Gasteiger partial charge on any atom is 0.323 e. The van der Waals surface area contributed by atoms with Crippen molar-refractivity contribution in [1.29, 1.82) is 0 Å². The summed E-state index contributed by atoms with van der Waals surface area (Å²) in [4.78, 5) is 19.6. The Hall–Kier alpha value is -1.14. The molecule has 0 saturated carbocycles.